The quantitative estimate of drug-likeness (QED) is 0.360. The van der Waals surface area contributed by atoms with Crippen LogP contribution in [0, 0.1) is 0 Å². The predicted octanol–water partition coefficient (Wildman–Crippen LogP) is 6.24. The normalized spacial score (nSPS) is 13.6. The van der Waals surface area contributed by atoms with E-state index in [9.17, 15) is 4.79 Å². The molecule has 2 aromatic carbocycles. The van der Waals surface area contributed by atoms with Gasteiger partial charge in [0.1, 0.15) is 0 Å². The first-order chi connectivity index (χ1) is 16.4. The largest absolute Gasteiger partial charge is 0.387 e. The van der Waals surface area contributed by atoms with Gasteiger partial charge in [0.05, 0.1) is 27.1 Å². The third kappa shape index (κ3) is 4.95. The van der Waals surface area contributed by atoms with Crippen molar-refractivity contribution in [3.8, 4) is 11.1 Å². The number of imidazole rings is 1. The van der Waals surface area contributed by atoms with E-state index in [2.05, 4.69) is 22.5 Å². The molecule has 180 valence electrons. The van der Waals surface area contributed by atoms with Gasteiger partial charge in [0, 0.05) is 50.4 Å². The van der Waals surface area contributed by atoms with Gasteiger partial charge in [-0.25, -0.2) is 4.98 Å². The van der Waals surface area contributed by atoms with Crippen molar-refractivity contribution in [3.63, 3.8) is 0 Å². The average molecular weight is 500 g/mol. The summed E-state index contributed by atoms with van der Waals surface area (Å²) in [6, 6.07) is 11.3. The molecule has 0 saturated heterocycles. The Morgan fingerprint density at radius 1 is 1.06 bits per heavy atom. The smallest absolute Gasteiger partial charge is 0.291 e. The van der Waals surface area contributed by atoms with Crippen molar-refractivity contribution in [2.75, 3.05) is 30.8 Å². The number of hydrogen-bond donors (Lipinski definition) is 2. The molecule has 0 unspecified atom stereocenters. The standard InChI is InChI=1S/C26H31Cl2N5O/c1-4-5-6-14-33-15-13-22-21(16-33)30-25(32(22)3)26(34)31-20-12-8-10-18(24(20)28)17-9-7-11-19(29-2)23(17)27/h7-12,29H,4-6,13-16H2,1-3H3,(H,31,34). The molecular formula is C26H31Cl2N5O. The number of benzene rings is 2. The van der Waals surface area contributed by atoms with E-state index in [1.807, 2.05) is 49.0 Å². The van der Waals surface area contributed by atoms with Crippen molar-refractivity contribution in [2.45, 2.75) is 39.2 Å². The molecule has 3 aromatic rings. The summed E-state index contributed by atoms with van der Waals surface area (Å²) in [5, 5.41) is 7.06. The maximum absolute atomic E-state index is 13.2. The second-order valence-electron chi connectivity index (χ2n) is 8.66. The summed E-state index contributed by atoms with van der Waals surface area (Å²) in [5.41, 5.74) is 5.01. The summed E-state index contributed by atoms with van der Waals surface area (Å²) in [6.45, 7) is 5.08. The molecule has 6 nitrogen and oxygen atoms in total. The van der Waals surface area contributed by atoms with Crippen molar-refractivity contribution >= 4 is 40.5 Å². The van der Waals surface area contributed by atoms with Crippen LogP contribution in [0.5, 0.6) is 0 Å². The number of carbonyl (C=O) groups is 1. The number of carbonyl (C=O) groups excluding carboxylic acids is 1. The van der Waals surface area contributed by atoms with Gasteiger partial charge >= 0.3 is 0 Å². The monoisotopic (exact) mass is 499 g/mol. The van der Waals surface area contributed by atoms with Crippen molar-refractivity contribution in [3.05, 3.63) is 63.7 Å². The molecule has 0 aliphatic carbocycles. The molecule has 1 amide bonds. The maximum Gasteiger partial charge on any atom is 0.291 e. The highest BCUT2D eigenvalue weighted by molar-refractivity contribution is 6.39. The van der Waals surface area contributed by atoms with E-state index in [0.717, 1.165) is 54.3 Å². The Kier molecular flexibility index (Phi) is 7.81. The lowest BCUT2D eigenvalue weighted by Crippen LogP contribution is -2.32. The second kappa shape index (κ2) is 10.8. The van der Waals surface area contributed by atoms with E-state index in [-0.39, 0.29) is 5.91 Å². The van der Waals surface area contributed by atoms with Crippen LogP contribution < -0.4 is 10.6 Å². The topological polar surface area (TPSA) is 62.2 Å². The number of amides is 1. The Hall–Kier alpha value is -2.54. The fraction of sp³-hybridized carbons (Fsp3) is 0.385. The molecule has 0 fully saturated rings. The molecule has 8 heteroatoms. The van der Waals surface area contributed by atoms with Crippen molar-refractivity contribution in [1.29, 1.82) is 0 Å². The van der Waals surface area contributed by atoms with E-state index in [1.54, 1.807) is 6.07 Å². The van der Waals surface area contributed by atoms with E-state index in [4.69, 9.17) is 28.2 Å². The van der Waals surface area contributed by atoms with Crippen LogP contribution in [0.3, 0.4) is 0 Å². The van der Waals surface area contributed by atoms with E-state index < -0.39 is 0 Å². The number of halogens is 2. The molecular weight excluding hydrogens is 469 g/mol. The predicted molar refractivity (Wildman–Crippen MR) is 141 cm³/mol. The fourth-order valence-corrected chi connectivity index (χ4v) is 5.11. The van der Waals surface area contributed by atoms with Gasteiger partial charge in [-0.1, -0.05) is 67.2 Å². The highest BCUT2D eigenvalue weighted by Crippen LogP contribution is 2.40. The molecule has 34 heavy (non-hydrogen) atoms. The zero-order chi connectivity index (χ0) is 24.2. The Bertz CT molecular complexity index is 1190. The number of anilines is 2. The molecule has 0 atom stereocenters. The third-order valence-electron chi connectivity index (χ3n) is 6.42. The van der Waals surface area contributed by atoms with E-state index in [1.165, 1.54) is 19.3 Å². The SMILES string of the molecule is CCCCCN1CCc2c(nc(C(=O)Nc3cccc(-c4cccc(NC)c4Cl)c3Cl)n2C)C1. The number of nitrogens with one attached hydrogen (secondary N) is 2. The lowest BCUT2D eigenvalue weighted by Gasteiger charge is -2.26. The summed E-state index contributed by atoms with van der Waals surface area (Å²) in [5.74, 6) is 0.126. The van der Waals surface area contributed by atoms with Crippen LogP contribution in [-0.4, -0.2) is 40.5 Å². The van der Waals surface area contributed by atoms with Crippen LogP contribution in [0.25, 0.3) is 11.1 Å². The highest BCUT2D eigenvalue weighted by atomic mass is 35.5. The Balaban J connectivity index is 1.55. The van der Waals surface area contributed by atoms with Gasteiger partial charge in [-0.15, -0.1) is 0 Å². The van der Waals surface area contributed by atoms with Crippen molar-refractivity contribution < 1.29 is 4.79 Å². The second-order valence-corrected chi connectivity index (χ2v) is 9.42. The first kappa shape index (κ1) is 24.6. The van der Waals surface area contributed by atoms with Crippen LogP contribution in [0.15, 0.2) is 36.4 Å². The van der Waals surface area contributed by atoms with Gasteiger partial charge in [0.25, 0.3) is 5.91 Å². The summed E-state index contributed by atoms with van der Waals surface area (Å²) < 4.78 is 1.92. The van der Waals surface area contributed by atoms with E-state index >= 15 is 0 Å². The van der Waals surface area contributed by atoms with Gasteiger partial charge in [-0.2, -0.15) is 0 Å². The molecule has 0 saturated carbocycles. The van der Waals surface area contributed by atoms with Gasteiger partial charge in [0.2, 0.25) is 0 Å². The van der Waals surface area contributed by atoms with Crippen molar-refractivity contribution in [1.82, 2.24) is 14.5 Å². The Morgan fingerprint density at radius 2 is 1.74 bits per heavy atom. The molecule has 1 aliphatic rings. The molecule has 0 spiro atoms. The zero-order valence-electron chi connectivity index (χ0n) is 19.9. The number of nitrogens with zero attached hydrogens (tertiary/aromatic N) is 3. The summed E-state index contributed by atoms with van der Waals surface area (Å²) in [4.78, 5) is 20.3. The lowest BCUT2D eigenvalue weighted by molar-refractivity contribution is 0.101. The number of aromatic nitrogens is 2. The van der Waals surface area contributed by atoms with Gasteiger partial charge in [0.15, 0.2) is 5.82 Å². The lowest BCUT2D eigenvalue weighted by atomic mass is 10.0. The first-order valence-corrected chi connectivity index (χ1v) is 12.5. The molecule has 1 aromatic heterocycles. The number of hydrogen-bond acceptors (Lipinski definition) is 4. The molecule has 0 bridgehead atoms. The molecule has 0 radical (unpaired) electrons. The van der Waals surface area contributed by atoms with Crippen LogP contribution in [0.2, 0.25) is 10.0 Å². The molecule has 2 heterocycles. The van der Waals surface area contributed by atoms with Crippen molar-refractivity contribution in [2.24, 2.45) is 7.05 Å². The minimum absolute atomic E-state index is 0.274. The van der Waals surface area contributed by atoms with Crippen LogP contribution in [0.1, 0.15) is 48.2 Å². The molecule has 1 aliphatic heterocycles. The Morgan fingerprint density at radius 3 is 2.41 bits per heavy atom. The minimum atomic E-state index is -0.274. The van der Waals surface area contributed by atoms with Crippen LogP contribution in [0.4, 0.5) is 11.4 Å². The number of unbranched alkanes of at least 4 members (excludes halogenated alkanes) is 2. The average Bonchev–Trinajstić information content (AvgIpc) is 3.17. The van der Waals surface area contributed by atoms with Gasteiger partial charge in [-0.05, 0) is 25.1 Å². The number of fused-ring (bicyclic) bond motifs is 1. The van der Waals surface area contributed by atoms with E-state index in [0.29, 0.717) is 21.6 Å². The molecule has 2 N–H and O–H groups in total. The number of rotatable bonds is 8. The maximum atomic E-state index is 13.2. The summed E-state index contributed by atoms with van der Waals surface area (Å²) in [7, 11) is 3.73. The summed E-state index contributed by atoms with van der Waals surface area (Å²) in [6.07, 6.45) is 4.55. The van der Waals surface area contributed by atoms with Gasteiger partial charge in [-0.3, -0.25) is 9.69 Å². The highest BCUT2D eigenvalue weighted by Gasteiger charge is 2.25. The van der Waals surface area contributed by atoms with Crippen LogP contribution in [-0.2, 0) is 20.0 Å². The zero-order valence-corrected chi connectivity index (χ0v) is 21.4. The fourth-order valence-electron chi connectivity index (χ4n) is 4.51. The summed E-state index contributed by atoms with van der Waals surface area (Å²) >= 11 is 13.3. The van der Waals surface area contributed by atoms with Gasteiger partial charge < -0.3 is 15.2 Å². The molecule has 4 rings (SSSR count). The first-order valence-electron chi connectivity index (χ1n) is 11.8. The van der Waals surface area contributed by atoms with Crippen LogP contribution >= 0.6 is 23.2 Å². The Labute approximate surface area is 211 Å². The minimum Gasteiger partial charge on any atom is -0.387 e. The third-order valence-corrected chi connectivity index (χ3v) is 7.24.